The molecule has 1 aromatic rings. The van der Waals surface area contributed by atoms with Gasteiger partial charge >= 0.3 is 0 Å². The van der Waals surface area contributed by atoms with Crippen LogP contribution in [0.4, 0.5) is 5.69 Å². The van der Waals surface area contributed by atoms with Crippen LogP contribution in [0.25, 0.3) is 0 Å². The molecule has 1 aliphatic heterocycles. The van der Waals surface area contributed by atoms with Crippen molar-refractivity contribution >= 4 is 5.69 Å². The summed E-state index contributed by atoms with van der Waals surface area (Å²) in [6.07, 6.45) is 3.80. The van der Waals surface area contributed by atoms with Crippen LogP contribution in [0.3, 0.4) is 0 Å². The van der Waals surface area contributed by atoms with Crippen molar-refractivity contribution in [2.45, 2.75) is 59.0 Å². The first-order valence-electron chi connectivity index (χ1n) is 7.62. The maximum absolute atomic E-state index is 3.47. The molecule has 19 heavy (non-hydrogen) atoms. The molecule has 2 rings (SSSR count). The SMILES string of the molecule is CCCNCc1ccc(N2CCCC2(C)C)c(C)c1. The molecule has 2 heteroatoms. The quantitative estimate of drug-likeness (QED) is 0.808. The Morgan fingerprint density at radius 1 is 1.32 bits per heavy atom. The fourth-order valence-corrected chi connectivity index (χ4v) is 3.09. The topological polar surface area (TPSA) is 15.3 Å². The van der Waals surface area contributed by atoms with Gasteiger partial charge in [0, 0.05) is 24.3 Å². The fourth-order valence-electron chi connectivity index (χ4n) is 3.09. The summed E-state index contributed by atoms with van der Waals surface area (Å²) in [6.45, 7) is 12.4. The monoisotopic (exact) mass is 260 g/mol. The number of aryl methyl sites for hydroxylation is 1. The second-order valence-corrected chi connectivity index (χ2v) is 6.37. The van der Waals surface area contributed by atoms with Crippen LogP contribution >= 0.6 is 0 Å². The average Bonchev–Trinajstić information content (AvgIpc) is 2.70. The highest BCUT2D eigenvalue weighted by Gasteiger charge is 2.32. The van der Waals surface area contributed by atoms with Gasteiger partial charge in [0.2, 0.25) is 0 Å². The molecule has 0 aromatic heterocycles. The molecule has 0 unspecified atom stereocenters. The Morgan fingerprint density at radius 2 is 2.11 bits per heavy atom. The van der Waals surface area contributed by atoms with Gasteiger partial charge in [-0.1, -0.05) is 19.1 Å². The standard InChI is InChI=1S/C17H28N2/c1-5-10-18-13-15-7-8-16(14(2)12-15)19-11-6-9-17(19,3)4/h7-8,12,18H,5-6,9-11,13H2,1-4H3. The van der Waals surface area contributed by atoms with Gasteiger partial charge in [-0.2, -0.15) is 0 Å². The zero-order valence-corrected chi connectivity index (χ0v) is 12.9. The Bertz CT molecular complexity index is 423. The Balaban J connectivity index is 2.11. The van der Waals surface area contributed by atoms with E-state index in [0.717, 1.165) is 13.1 Å². The molecule has 2 nitrogen and oxygen atoms in total. The summed E-state index contributed by atoms with van der Waals surface area (Å²) in [5.74, 6) is 0. The lowest BCUT2D eigenvalue weighted by atomic mass is 10.00. The van der Waals surface area contributed by atoms with Gasteiger partial charge in [-0.3, -0.25) is 0 Å². The molecule has 1 aliphatic rings. The first-order valence-corrected chi connectivity index (χ1v) is 7.62. The van der Waals surface area contributed by atoms with Gasteiger partial charge in [0.05, 0.1) is 0 Å². The normalized spacial score (nSPS) is 18.0. The molecule has 1 saturated heterocycles. The van der Waals surface area contributed by atoms with Crippen LogP contribution in [0, 0.1) is 6.92 Å². The molecule has 0 spiro atoms. The summed E-state index contributed by atoms with van der Waals surface area (Å²) in [7, 11) is 0. The molecule has 0 radical (unpaired) electrons. The van der Waals surface area contributed by atoms with Crippen LogP contribution in [0.5, 0.6) is 0 Å². The number of nitrogens with zero attached hydrogens (tertiary/aromatic N) is 1. The van der Waals surface area contributed by atoms with Crippen molar-refractivity contribution in [3.05, 3.63) is 29.3 Å². The van der Waals surface area contributed by atoms with Gasteiger partial charge in [0.1, 0.15) is 0 Å². The maximum Gasteiger partial charge on any atom is 0.0400 e. The third-order valence-corrected chi connectivity index (χ3v) is 4.21. The highest BCUT2D eigenvalue weighted by atomic mass is 15.2. The van der Waals surface area contributed by atoms with Crippen molar-refractivity contribution in [1.29, 1.82) is 0 Å². The Hall–Kier alpha value is -1.02. The molecule has 0 saturated carbocycles. The number of benzene rings is 1. The van der Waals surface area contributed by atoms with Crippen LogP contribution in [-0.4, -0.2) is 18.6 Å². The lowest BCUT2D eigenvalue weighted by Crippen LogP contribution is -2.38. The highest BCUT2D eigenvalue weighted by molar-refractivity contribution is 5.57. The fraction of sp³-hybridized carbons (Fsp3) is 0.647. The predicted octanol–water partition coefficient (Wildman–Crippen LogP) is 3.87. The lowest BCUT2D eigenvalue weighted by Gasteiger charge is -2.35. The van der Waals surface area contributed by atoms with Gasteiger partial charge in [0.25, 0.3) is 0 Å². The van der Waals surface area contributed by atoms with Crippen molar-refractivity contribution in [2.24, 2.45) is 0 Å². The molecule has 1 aromatic carbocycles. The predicted molar refractivity (Wildman–Crippen MR) is 83.8 cm³/mol. The minimum Gasteiger partial charge on any atom is -0.366 e. The number of nitrogens with one attached hydrogen (secondary N) is 1. The zero-order valence-electron chi connectivity index (χ0n) is 12.9. The Labute approximate surface area is 118 Å². The third kappa shape index (κ3) is 3.30. The van der Waals surface area contributed by atoms with E-state index in [0.29, 0.717) is 5.54 Å². The molecule has 0 amide bonds. The van der Waals surface area contributed by atoms with Gasteiger partial charge in [-0.15, -0.1) is 0 Å². The van der Waals surface area contributed by atoms with E-state index in [4.69, 9.17) is 0 Å². The van der Waals surface area contributed by atoms with Gasteiger partial charge in [-0.05, 0) is 63.8 Å². The summed E-state index contributed by atoms with van der Waals surface area (Å²) in [5.41, 5.74) is 4.53. The first-order chi connectivity index (χ1) is 9.04. The molecule has 1 fully saturated rings. The van der Waals surface area contributed by atoms with Crippen molar-refractivity contribution < 1.29 is 0 Å². The molecule has 1 N–H and O–H groups in total. The van der Waals surface area contributed by atoms with E-state index in [1.165, 1.54) is 42.6 Å². The van der Waals surface area contributed by atoms with Crippen LogP contribution in [-0.2, 0) is 6.54 Å². The third-order valence-electron chi connectivity index (χ3n) is 4.21. The van der Waals surface area contributed by atoms with Crippen LogP contribution < -0.4 is 10.2 Å². The molecular weight excluding hydrogens is 232 g/mol. The first kappa shape index (κ1) is 14.4. The minimum atomic E-state index is 0.312. The van der Waals surface area contributed by atoms with E-state index < -0.39 is 0 Å². The summed E-state index contributed by atoms with van der Waals surface area (Å²) in [4.78, 5) is 2.57. The Kier molecular flexibility index (Phi) is 4.51. The molecular formula is C17H28N2. The van der Waals surface area contributed by atoms with Crippen LogP contribution in [0.15, 0.2) is 18.2 Å². The van der Waals surface area contributed by atoms with E-state index >= 15 is 0 Å². The number of anilines is 1. The lowest BCUT2D eigenvalue weighted by molar-refractivity contribution is 0.517. The summed E-state index contributed by atoms with van der Waals surface area (Å²) < 4.78 is 0. The zero-order chi connectivity index (χ0) is 13.9. The van der Waals surface area contributed by atoms with Crippen molar-refractivity contribution in [2.75, 3.05) is 18.0 Å². The van der Waals surface area contributed by atoms with Crippen molar-refractivity contribution in [3.63, 3.8) is 0 Å². The molecule has 0 aliphatic carbocycles. The van der Waals surface area contributed by atoms with E-state index in [1.54, 1.807) is 0 Å². The second kappa shape index (κ2) is 5.96. The number of hydrogen-bond acceptors (Lipinski definition) is 2. The van der Waals surface area contributed by atoms with Crippen molar-refractivity contribution in [1.82, 2.24) is 5.32 Å². The Morgan fingerprint density at radius 3 is 2.68 bits per heavy atom. The molecule has 1 heterocycles. The smallest absolute Gasteiger partial charge is 0.0400 e. The minimum absolute atomic E-state index is 0.312. The largest absolute Gasteiger partial charge is 0.366 e. The van der Waals surface area contributed by atoms with Gasteiger partial charge in [-0.25, -0.2) is 0 Å². The van der Waals surface area contributed by atoms with Crippen LogP contribution in [0.1, 0.15) is 51.2 Å². The van der Waals surface area contributed by atoms with E-state index in [2.05, 4.69) is 56.1 Å². The number of hydrogen-bond donors (Lipinski definition) is 1. The highest BCUT2D eigenvalue weighted by Crippen LogP contribution is 2.35. The van der Waals surface area contributed by atoms with E-state index in [-0.39, 0.29) is 0 Å². The maximum atomic E-state index is 3.47. The van der Waals surface area contributed by atoms with Crippen molar-refractivity contribution in [3.8, 4) is 0 Å². The van der Waals surface area contributed by atoms with E-state index in [9.17, 15) is 0 Å². The van der Waals surface area contributed by atoms with Crippen LogP contribution in [0.2, 0.25) is 0 Å². The second-order valence-electron chi connectivity index (χ2n) is 6.37. The van der Waals surface area contributed by atoms with Gasteiger partial charge in [0.15, 0.2) is 0 Å². The van der Waals surface area contributed by atoms with Gasteiger partial charge < -0.3 is 10.2 Å². The average molecular weight is 260 g/mol. The molecule has 0 atom stereocenters. The summed E-state index contributed by atoms with van der Waals surface area (Å²) in [6, 6.07) is 6.93. The molecule has 106 valence electrons. The summed E-state index contributed by atoms with van der Waals surface area (Å²) in [5, 5.41) is 3.47. The number of rotatable bonds is 5. The van der Waals surface area contributed by atoms with E-state index in [1.807, 2.05) is 0 Å². The summed E-state index contributed by atoms with van der Waals surface area (Å²) >= 11 is 0. The molecule has 0 bridgehead atoms.